The summed E-state index contributed by atoms with van der Waals surface area (Å²) in [6, 6.07) is 12.9. The van der Waals surface area contributed by atoms with Crippen molar-refractivity contribution in [2.45, 2.75) is 12.8 Å². The van der Waals surface area contributed by atoms with E-state index in [1.807, 2.05) is 35.2 Å². The molecule has 0 radical (unpaired) electrons. The minimum absolute atomic E-state index is 0.0147. The van der Waals surface area contributed by atoms with Gasteiger partial charge in [0.25, 0.3) is 5.91 Å². The number of nitrogens with one attached hydrogen (secondary N) is 1. The fourth-order valence-electron chi connectivity index (χ4n) is 3.64. The Hall–Kier alpha value is -3.02. The molecule has 1 saturated heterocycles. The van der Waals surface area contributed by atoms with Crippen LogP contribution in [0.4, 0.5) is 8.78 Å². The van der Waals surface area contributed by atoms with Gasteiger partial charge < -0.3 is 4.90 Å². The first-order valence-electron chi connectivity index (χ1n) is 8.92. The van der Waals surface area contributed by atoms with Crippen LogP contribution in [0.5, 0.6) is 0 Å². The molecule has 1 N–H and O–H groups in total. The van der Waals surface area contributed by atoms with Crippen LogP contribution in [0, 0.1) is 17.6 Å². The SMILES string of the molecule is O=C(c1ccc(-c2ccn[nH]2)cc1)N1CCC(Cc2cc(F)cc(F)c2)C1. The van der Waals surface area contributed by atoms with Crippen LogP contribution in [0.3, 0.4) is 0 Å². The van der Waals surface area contributed by atoms with E-state index in [2.05, 4.69) is 10.2 Å². The van der Waals surface area contributed by atoms with Gasteiger partial charge in [0.2, 0.25) is 0 Å². The van der Waals surface area contributed by atoms with Gasteiger partial charge in [0, 0.05) is 30.9 Å². The number of amides is 1. The van der Waals surface area contributed by atoms with E-state index in [0.29, 0.717) is 30.6 Å². The van der Waals surface area contributed by atoms with Crippen molar-refractivity contribution in [1.29, 1.82) is 0 Å². The molecule has 1 amide bonds. The molecule has 1 aromatic heterocycles. The molecular weight excluding hydrogens is 348 g/mol. The molecule has 27 heavy (non-hydrogen) atoms. The number of hydrogen-bond donors (Lipinski definition) is 1. The number of aromatic nitrogens is 2. The highest BCUT2D eigenvalue weighted by atomic mass is 19.1. The Morgan fingerprint density at radius 1 is 1.11 bits per heavy atom. The van der Waals surface area contributed by atoms with Crippen molar-refractivity contribution in [3.05, 3.63) is 77.5 Å². The van der Waals surface area contributed by atoms with Crippen molar-refractivity contribution in [3.8, 4) is 11.3 Å². The highest BCUT2D eigenvalue weighted by Crippen LogP contribution is 2.24. The zero-order chi connectivity index (χ0) is 18.8. The van der Waals surface area contributed by atoms with Gasteiger partial charge in [-0.05, 0) is 60.2 Å². The van der Waals surface area contributed by atoms with E-state index < -0.39 is 11.6 Å². The standard InChI is InChI=1S/C21H19F2N3O/c22-18-10-15(11-19(23)12-18)9-14-6-8-26(13-14)21(27)17-3-1-16(2-4-17)20-5-7-24-25-20/h1-5,7,10-12,14H,6,8-9,13H2,(H,24,25). The third-order valence-electron chi connectivity index (χ3n) is 4.96. The number of nitrogens with zero attached hydrogens (tertiary/aromatic N) is 2. The van der Waals surface area contributed by atoms with Crippen molar-refractivity contribution < 1.29 is 13.6 Å². The first kappa shape index (κ1) is 17.4. The van der Waals surface area contributed by atoms with E-state index in [4.69, 9.17) is 0 Å². The number of carbonyl (C=O) groups excluding carboxylic acids is 1. The fourth-order valence-corrected chi connectivity index (χ4v) is 3.64. The summed E-state index contributed by atoms with van der Waals surface area (Å²) < 4.78 is 26.7. The minimum Gasteiger partial charge on any atom is -0.338 e. The van der Waals surface area contributed by atoms with Crippen molar-refractivity contribution in [2.75, 3.05) is 13.1 Å². The Kier molecular flexibility index (Phi) is 4.71. The Labute approximate surface area is 155 Å². The number of rotatable bonds is 4. The van der Waals surface area contributed by atoms with Gasteiger partial charge in [-0.1, -0.05) is 12.1 Å². The Morgan fingerprint density at radius 2 is 1.85 bits per heavy atom. The van der Waals surface area contributed by atoms with Gasteiger partial charge >= 0.3 is 0 Å². The molecule has 1 atom stereocenters. The molecular formula is C21H19F2N3O. The lowest BCUT2D eigenvalue weighted by Gasteiger charge is -2.17. The zero-order valence-corrected chi connectivity index (χ0v) is 14.7. The van der Waals surface area contributed by atoms with Crippen molar-refractivity contribution >= 4 is 5.91 Å². The summed E-state index contributed by atoms with van der Waals surface area (Å²) >= 11 is 0. The maximum Gasteiger partial charge on any atom is 0.253 e. The third-order valence-corrected chi connectivity index (χ3v) is 4.96. The quantitative estimate of drug-likeness (QED) is 0.756. The molecule has 2 aromatic carbocycles. The predicted molar refractivity (Wildman–Crippen MR) is 98.1 cm³/mol. The van der Waals surface area contributed by atoms with Gasteiger partial charge in [0.05, 0.1) is 5.69 Å². The highest BCUT2D eigenvalue weighted by molar-refractivity contribution is 5.94. The monoisotopic (exact) mass is 367 g/mol. The minimum atomic E-state index is -0.562. The van der Waals surface area contributed by atoms with Crippen LogP contribution < -0.4 is 0 Å². The largest absolute Gasteiger partial charge is 0.338 e. The summed E-state index contributed by atoms with van der Waals surface area (Å²) in [7, 11) is 0. The number of hydrogen-bond acceptors (Lipinski definition) is 2. The molecule has 0 spiro atoms. The summed E-state index contributed by atoms with van der Waals surface area (Å²) in [6.45, 7) is 1.25. The van der Waals surface area contributed by atoms with Crippen LogP contribution >= 0.6 is 0 Å². The second-order valence-corrected chi connectivity index (χ2v) is 6.94. The first-order valence-corrected chi connectivity index (χ1v) is 8.92. The van der Waals surface area contributed by atoms with Crippen LogP contribution in [-0.4, -0.2) is 34.1 Å². The van der Waals surface area contributed by atoms with Crippen molar-refractivity contribution in [1.82, 2.24) is 15.1 Å². The normalized spacial score (nSPS) is 16.7. The number of carbonyl (C=O) groups is 1. The van der Waals surface area contributed by atoms with E-state index >= 15 is 0 Å². The lowest BCUT2D eigenvalue weighted by molar-refractivity contribution is 0.0787. The molecule has 1 unspecified atom stereocenters. The molecule has 2 heterocycles. The van der Waals surface area contributed by atoms with Gasteiger partial charge in [-0.2, -0.15) is 5.10 Å². The molecule has 4 rings (SSSR count). The van der Waals surface area contributed by atoms with Crippen LogP contribution in [0.25, 0.3) is 11.3 Å². The van der Waals surface area contributed by atoms with E-state index in [0.717, 1.165) is 23.7 Å². The summed E-state index contributed by atoms with van der Waals surface area (Å²) in [5.41, 5.74) is 3.14. The van der Waals surface area contributed by atoms with Gasteiger partial charge in [-0.15, -0.1) is 0 Å². The van der Waals surface area contributed by atoms with E-state index in [1.54, 1.807) is 6.20 Å². The van der Waals surface area contributed by atoms with Crippen molar-refractivity contribution in [3.63, 3.8) is 0 Å². The molecule has 4 nitrogen and oxygen atoms in total. The summed E-state index contributed by atoms with van der Waals surface area (Å²) in [6.07, 6.45) is 3.08. The lowest BCUT2D eigenvalue weighted by atomic mass is 9.98. The van der Waals surface area contributed by atoms with Gasteiger partial charge in [0.15, 0.2) is 0 Å². The molecule has 0 saturated carbocycles. The predicted octanol–water partition coefficient (Wildman–Crippen LogP) is 4.06. The number of benzene rings is 2. The third kappa shape index (κ3) is 3.89. The summed E-state index contributed by atoms with van der Waals surface area (Å²) in [5, 5.41) is 6.82. The van der Waals surface area contributed by atoms with Crippen LogP contribution in [-0.2, 0) is 6.42 Å². The van der Waals surface area contributed by atoms with Crippen molar-refractivity contribution in [2.24, 2.45) is 5.92 Å². The molecule has 1 fully saturated rings. The molecule has 138 valence electrons. The van der Waals surface area contributed by atoms with Crippen LogP contribution in [0.2, 0.25) is 0 Å². The van der Waals surface area contributed by atoms with Gasteiger partial charge in [-0.25, -0.2) is 8.78 Å². The fraction of sp³-hybridized carbons (Fsp3) is 0.238. The molecule has 0 bridgehead atoms. The zero-order valence-electron chi connectivity index (χ0n) is 14.7. The average Bonchev–Trinajstić information content (AvgIpc) is 3.32. The second-order valence-electron chi connectivity index (χ2n) is 6.94. The van der Waals surface area contributed by atoms with E-state index in [1.165, 1.54) is 12.1 Å². The first-order chi connectivity index (χ1) is 13.1. The molecule has 1 aliphatic rings. The van der Waals surface area contributed by atoms with Crippen LogP contribution in [0.1, 0.15) is 22.3 Å². The number of likely N-dealkylation sites (tertiary alicyclic amines) is 1. The van der Waals surface area contributed by atoms with Crippen LogP contribution in [0.15, 0.2) is 54.7 Å². The smallest absolute Gasteiger partial charge is 0.253 e. The Balaban J connectivity index is 1.40. The lowest BCUT2D eigenvalue weighted by Crippen LogP contribution is -2.28. The maximum absolute atomic E-state index is 13.4. The maximum atomic E-state index is 13.4. The molecule has 6 heteroatoms. The summed E-state index contributed by atoms with van der Waals surface area (Å²) in [4.78, 5) is 14.5. The van der Waals surface area contributed by atoms with Gasteiger partial charge in [0.1, 0.15) is 11.6 Å². The van der Waals surface area contributed by atoms with E-state index in [-0.39, 0.29) is 11.8 Å². The average molecular weight is 367 g/mol. The Morgan fingerprint density at radius 3 is 2.52 bits per heavy atom. The number of H-pyrrole nitrogens is 1. The van der Waals surface area contributed by atoms with Gasteiger partial charge in [-0.3, -0.25) is 9.89 Å². The molecule has 1 aliphatic heterocycles. The second kappa shape index (κ2) is 7.31. The highest BCUT2D eigenvalue weighted by Gasteiger charge is 2.27. The molecule has 3 aromatic rings. The summed E-state index contributed by atoms with van der Waals surface area (Å²) in [5.74, 6) is -0.930. The molecule has 0 aliphatic carbocycles. The Bertz CT molecular complexity index is 918. The topological polar surface area (TPSA) is 49.0 Å². The number of aromatic amines is 1. The van der Waals surface area contributed by atoms with E-state index in [9.17, 15) is 13.6 Å². The number of halogens is 2.